The third-order valence-electron chi connectivity index (χ3n) is 3.94. The number of carboxylic acids is 1. The minimum atomic E-state index is -0.854. The third kappa shape index (κ3) is 2.33. The molecular weight excluding hydrogens is 262 g/mol. The van der Waals surface area contributed by atoms with Crippen LogP contribution in [-0.2, 0) is 17.9 Å². The molecule has 1 unspecified atom stereocenters. The summed E-state index contributed by atoms with van der Waals surface area (Å²) >= 11 is 0. The molecule has 1 saturated heterocycles. The van der Waals surface area contributed by atoms with Gasteiger partial charge in [0.15, 0.2) is 5.82 Å². The molecule has 0 radical (unpaired) electrons. The number of carbonyl (C=O) groups is 2. The van der Waals surface area contributed by atoms with Gasteiger partial charge in [-0.25, -0.2) is 4.79 Å². The minimum Gasteiger partial charge on any atom is -0.481 e. The molecule has 1 aromatic rings. The fraction of sp³-hybridized carbons (Fsp3) is 0.667. The van der Waals surface area contributed by atoms with Crippen LogP contribution in [0.3, 0.4) is 0 Å². The lowest BCUT2D eigenvalue weighted by atomic mass is 10.1. The van der Waals surface area contributed by atoms with Crippen molar-refractivity contribution in [2.45, 2.75) is 38.4 Å². The Morgan fingerprint density at radius 3 is 3.00 bits per heavy atom. The lowest BCUT2D eigenvalue weighted by Crippen LogP contribution is -2.48. The van der Waals surface area contributed by atoms with E-state index in [1.807, 2.05) is 4.57 Å². The number of likely N-dealkylation sites (tertiary alicyclic amines) is 1. The summed E-state index contributed by atoms with van der Waals surface area (Å²) in [6, 6.07) is -0.261. The predicted molar refractivity (Wildman–Crippen MR) is 67.8 cm³/mol. The van der Waals surface area contributed by atoms with E-state index in [-0.39, 0.29) is 18.5 Å². The van der Waals surface area contributed by atoms with Crippen molar-refractivity contribution in [3.63, 3.8) is 0 Å². The molecule has 1 aromatic heterocycles. The molecule has 3 rings (SSSR count). The predicted octanol–water partition coefficient (Wildman–Crippen LogP) is 0.153. The number of amides is 2. The second-order valence-corrected chi connectivity index (χ2v) is 5.23. The normalized spacial score (nSPS) is 21.9. The minimum absolute atomic E-state index is 0.0236. The number of rotatable bonds is 2. The van der Waals surface area contributed by atoms with Crippen LogP contribution in [0.5, 0.6) is 0 Å². The van der Waals surface area contributed by atoms with Crippen LogP contribution in [0.1, 0.15) is 25.1 Å². The SMILES string of the molecule is O=C(O)CC1CCCN1C(=O)N1CCn2cnnc2C1. The van der Waals surface area contributed by atoms with Crippen LogP contribution in [-0.4, -0.2) is 60.8 Å². The molecule has 2 aliphatic heterocycles. The summed E-state index contributed by atoms with van der Waals surface area (Å²) in [5.41, 5.74) is 0. The number of nitrogens with zero attached hydrogens (tertiary/aromatic N) is 5. The molecule has 1 atom stereocenters. The number of hydrogen-bond donors (Lipinski definition) is 1. The molecule has 8 nitrogen and oxygen atoms in total. The summed E-state index contributed by atoms with van der Waals surface area (Å²) in [6.07, 6.45) is 3.33. The average molecular weight is 279 g/mol. The zero-order valence-corrected chi connectivity index (χ0v) is 11.1. The van der Waals surface area contributed by atoms with Crippen LogP contribution >= 0.6 is 0 Å². The van der Waals surface area contributed by atoms with Crippen molar-refractivity contribution >= 4 is 12.0 Å². The fourth-order valence-corrected chi connectivity index (χ4v) is 2.91. The second kappa shape index (κ2) is 5.10. The zero-order chi connectivity index (χ0) is 14.1. The first-order chi connectivity index (χ1) is 9.65. The Balaban J connectivity index is 1.68. The zero-order valence-electron chi connectivity index (χ0n) is 11.1. The smallest absolute Gasteiger partial charge is 0.320 e. The second-order valence-electron chi connectivity index (χ2n) is 5.23. The van der Waals surface area contributed by atoms with E-state index in [4.69, 9.17) is 5.11 Å². The van der Waals surface area contributed by atoms with Crippen LogP contribution in [0.4, 0.5) is 4.79 Å². The standard InChI is InChI=1S/C12H17N5O3/c18-11(19)6-9-2-1-3-17(9)12(20)15-4-5-16-8-13-14-10(16)7-15/h8-9H,1-7H2,(H,18,19). The fourth-order valence-electron chi connectivity index (χ4n) is 2.91. The molecular formula is C12H17N5O3. The maximum absolute atomic E-state index is 12.5. The van der Waals surface area contributed by atoms with Gasteiger partial charge in [0.1, 0.15) is 6.33 Å². The largest absolute Gasteiger partial charge is 0.481 e. The van der Waals surface area contributed by atoms with Crippen molar-refractivity contribution in [3.05, 3.63) is 12.2 Å². The van der Waals surface area contributed by atoms with E-state index in [2.05, 4.69) is 10.2 Å². The van der Waals surface area contributed by atoms with E-state index in [1.54, 1.807) is 16.1 Å². The first-order valence-corrected chi connectivity index (χ1v) is 6.79. The number of aliphatic carboxylic acids is 1. The highest BCUT2D eigenvalue weighted by atomic mass is 16.4. The first kappa shape index (κ1) is 12.9. The van der Waals surface area contributed by atoms with Crippen molar-refractivity contribution in [1.29, 1.82) is 0 Å². The van der Waals surface area contributed by atoms with Crippen molar-refractivity contribution < 1.29 is 14.7 Å². The molecule has 2 amide bonds. The topological polar surface area (TPSA) is 91.6 Å². The Labute approximate surface area is 116 Å². The summed E-state index contributed by atoms with van der Waals surface area (Å²) in [5, 5.41) is 16.7. The summed E-state index contributed by atoms with van der Waals surface area (Å²) < 4.78 is 1.93. The van der Waals surface area contributed by atoms with E-state index in [0.717, 1.165) is 18.7 Å². The molecule has 20 heavy (non-hydrogen) atoms. The molecule has 1 fully saturated rings. The Morgan fingerprint density at radius 1 is 1.35 bits per heavy atom. The first-order valence-electron chi connectivity index (χ1n) is 6.79. The van der Waals surface area contributed by atoms with E-state index in [1.165, 1.54) is 0 Å². The number of aromatic nitrogens is 3. The summed E-state index contributed by atoms with van der Waals surface area (Å²) in [7, 11) is 0. The van der Waals surface area contributed by atoms with E-state index in [9.17, 15) is 9.59 Å². The highest BCUT2D eigenvalue weighted by Crippen LogP contribution is 2.23. The van der Waals surface area contributed by atoms with Crippen molar-refractivity contribution in [2.24, 2.45) is 0 Å². The van der Waals surface area contributed by atoms with Crippen LogP contribution < -0.4 is 0 Å². The molecule has 1 N–H and O–H groups in total. The maximum Gasteiger partial charge on any atom is 0.320 e. The average Bonchev–Trinajstić information content (AvgIpc) is 3.04. The molecule has 0 aromatic carbocycles. The van der Waals surface area contributed by atoms with Crippen LogP contribution in [0, 0.1) is 0 Å². The van der Waals surface area contributed by atoms with E-state index in [0.29, 0.717) is 26.2 Å². The molecule has 0 bridgehead atoms. The number of fused-ring (bicyclic) bond motifs is 1. The molecule has 0 saturated carbocycles. The van der Waals surface area contributed by atoms with Gasteiger partial charge in [-0.2, -0.15) is 0 Å². The highest BCUT2D eigenvalue weighted by molar-refractivity contribution is 5.76. The van der Waals surface area contributed by atoms with Gasteiger partial charge in [0.05, 0.1) is 13.0 Å². The van der Waals surface area contributed by atoms with Crippen LogP contribution in [0.15, 0.2) is 6.33 Å². The van der Waals surface area contributed by atoms with Gasteiger partial charge >= 0.3 is 12.0 Å². The van der Waals surface area contributed by atoms with Gasteiger partial charge < -0.3 is 19.5 Å². The number of urea groups is 1. The highest BCUT2D eigenvalue weighted by Gasteiger charge is 2.34. The lowest BCUT2D eigenvalue weighted by molar-refractivity contribution is -0.138. The van der Waals surface area contributed by atoms with Gasteiger partial charge in [-0.15, -0.1) is 10.2 Å². The molecule has 108 valence electrons. The van der Waals surface area contributed by atoms with Gasteiger partial charge in [-0.1, -0.05) is 0 Å². The number of carbonyl (C=O) groups excluding carboxylic acids is 1. The van der Waals surface area contributed by atoms with Gasteiger partial charge in [0.25, 0.3) is 0 Å². The van der Waals surface area contributed by atoms with Gasteiger partial charge in [0, 0.05) is 25.7 Å². The van der Waals surface area contributed by atoms with Gasteiger partial charge in [-0.3, -0.25) is 4.79 Å². The Morgan fingerprint density at radius 2 is 2.20 bits per heavy atom. The lowest BCUT2D eigenvalue weighted by Gasteiger charge is -2.33. The molecule has 2 aliphatic rings. The molecule has 0 aliphatic carbocycles. The van der Waals surface area contributed by atoms with Crippen LogP contribution in [0.25, 0.3) is 0 Å². The number of carboxylic acid groups (broad SMARTS) is 1. The van der Waals surface area contributed by atoms with Crippen molar-refractivity contribution in [2.75, 3.05) is 13.1 Å². The maximum atomic E-state index is 12.5. The van der Waals surface area contributed by atoms with Crippen LogP contribution in [0.2, 0.25) is 0 Å². The molecule has 3 heterocycles. The molecule has 0 spiro atoms. The quantitative estimate of drug-likeness (QED) is 0.832. The molecule has 8 heteroatoms. The third-order valence-corrected chi connectivity index (χ3v) is 3.94. The van der Waals surface area contributed by atoms with E-state index < -0.39 is 5.97 Å². The van der Waals surface area contributed by atoms with Gasteiger partial charge in [0.2, 0.25) is 0 Å². The van der Waals surface area contributed by atoms with E-state index >= 15 is 0 Å². The Kier molecular flexibility index (Phi) is 3.29. The summed E-state index contributed by atoms with van der Waals surface area (Å²) in [6.45, 7) is 2.38. The Bertz CT molecular complexity index is 529. The number of hydrogen-bond acceptors (Lipinski definition) is 4. The summed E-state index contributed by atoms with van der Waals surface area (Å²) in [4.78, 5) is 26.8. The van der Waals surface area contributed by atoms with Gasteiger partial charge in [-0.05, 0) is 12.8 Å². The monoisotopic (exact) mass is 279 g/mol. The van der Waals surface area contributed by atoms with Crippen molar-refractivity contribution in [3.8, 4) is 0 Å². The van der Waals surface area contributed by atoms with Crippen molar-refractivity contribution in [1.82, 2.24) is 24.6 Å². The summed E-state index contributed by atoms with van der Waals surface area (Å²) in [5.74, 6) is -0.0772. The Hall–Kier alpha value is -2.12.